The van der Waals surface area contributed by atoms with Crippen molar-refractivity contribution in [2.45, 2.75) is 51.8 Å². The van der Waals surface area contributed by atoms with E-state index in [1.54, 1.807) is 10.9 Å². The molecule has 0 fully saturated rings. The summed E-state index contributed by atoms with van der Waals surface area (Å²) < 4.78 is 17.6. The van der Waals surface area contributed by atoms with Crippen LogP contribution in [0.3, 0.4) is 0 Å². The summed E-state index contributed by atoms with van der Waals surface area (Å²) in [5, 5.41) is 15.4. The second-order valence-electron chi connectivity index (χ2n) is 9.23. The first-order valence-electron chi connectivity index (χ1n) is 9.97. The fourth-order valence-corrected chi connectivity index (χ4v) is 3.63. The van der Waals surface area contributed by atoms with Crippen LogP contribution in [0, 0.1) is 0 Å². The lowest BCUT2D eigenvalue weighted by Gasteiger charge is -2.33. The van der Waals surface area contributed by atoms with Gasteiger partial charge in [-0.15, -0.1) is 0 Å². The fourth-order valence-electron chi connectivity index (χ4n) is 3.10. The minimum Gasteiger partial charge on any atom is -0.591 e. The Morgan fingerprint density at radius 3 is 2.32 bits per heavy atom. The van der Waals surface area contributed by atoms with Gasteiger partial charge in [0.25, 0.3) is 0 Å². The number of aromatic nitrogens is 2. The lowest BCUT2D eigenvalue weighted by Crippen LogP contribution is -2.46. The van der Waals surface area contributed by atoms with Crippen molar-refractivity contribution in [2.24, 2.45) is 4.40 Å². The first kappa shape index (κ1) is 22.8. The molecule has 3 rings (SSSR count). The van der Waals surface area contributed by atoms with E-state index in [4.69, 9.17) is 5.10 Å². The van der Waals surface area contributed by atoms with Crippen LogP contribution in [-0.2, 0) is 11.4 Å². The molecule has 1 N–H and O–H groups in total. The average Bonchev–Trinajstić information content (AvgIpc) is 3.03. The number of hydrogen-bond acceptors (Lipinski definition) is 4. The van der Waals surface area contributed by atoms with Crippen LogP contribution in [0.5, 0.6) is 0 Å². The maximum atomic E-state index is 12.2. The van der Waals surface area contributed by atoms with Gasteiger partial charge in [-0.05, 0) is 71.4 Å². The molecule has 0 radical (unpaired) electrons. The van der Waals surface area contributed by atoms with Crippen molar-refractivity contribution in [3.05, 3.63) is 54.1 Å². The first-order valence-corrected chi connectivity index (χ1v) is 11.1. The van der Waals surface area contributed by atoms with Crippen LogP contribution >= 0.6 is 0 Å². The lowest BCUT2D eigenvalue weighted by atomic mass is 10.1. The highest BCUT2D eigenvalue weighted by molar-refractivity contribution is 7.91. The molecule has 0 aliphatic rings. The van der Waals surface area contributed by atoms with Gasteiger partial charge in [-0.1, -0.05) is 28.7 Å². The highest BCUT2D eigenvalue weighted by Gasteiger charge is 2.33. The molecule has 1 aromatic heterocycles. The zero-order valence-corrected chi connectivity index (χ0v) is 19.5. The van der Waals surface area contributed by atoms with Gasteiger partial charge < -0.3 is 9.66 Å². The maximum Gasteiger partial charge on any atom is 0.413 e. The molecule has 1 heterocycles. The van der Waals surface area contributed by atoms with E-state index >= 15 is 0 Å². The van der Waals surface area contributed by atoms with Crippen molar-refractivity contribution < 1.29 is 14.5 Å². The molecule has 0 bridgehead atoms. The number of fused-ring (bicyclic) bond motifs is 1. The largest absolute Gasteiger partial charge is 0.591 e. The van der Waals surface area contributed by atoms with Crippen LogP contribution < -0.4 is 4.90 Å². The van der Waals surface area contributed by atoms with E-state index < -0.39 is 27.7 Å². The summed E-state index contributed by atoms with van der Waals surface area (Å²) in [6.07, 6.45) is 0.512. The number of rotatable bonds is 4. The predicted molar refractivity (Wildman–Crippen MR) is 127 cm³/mol. The number of hydrogen-bond donors (Lipinski definition) is 1. The van der Waals surface area contributed by atoms with Gasteiger partial charge in [0.2, 0.25) is 0 Å². The van der Waals surface area contributed by atoms with Gasteiger partial charge in [0.1, 0.15) is 21.9 Å². The number of carboxylic acid groups (broad SMARTS) is 1. The number of benzene rings is 2. The number of nitrogens with zero attached hydrogens (tertiary/aromatic N) is 4. The van der Waals surface area contributed by atoms with Crippen molar-refractivity contribution in [3.8, 4) is 5.69 Å². The Labute approximate surface area is 185 Å². The number of carbonyl (C=O) groups is 1. The molecule has 31 heavy (non-hydrogen) atoms. The van der Waals surface area contributed by atoms with Gasteiger partial charge in [-0.3, -0.25) is 4.90 Å². The number of amides is 1. The van der Waals surface area contributed by atoms with Crippen LogP contribution in [0.2, 0.25) is 0 Å². The molecule has 2 aromatic carbocycles. The van der Waals surface area contributed by atoms with E-state index in [-0.39, 0.29) is 0 Å². The zero-order valence-electron chi connectivity index (χ0n) is 18.7. The van der Waals surface area contributed by atoms with Crippen LogP contribution in [-0.4, -0.2) is 42.0 Å². The second kappa shape index (κ2) is 8.36. The summed E-state index contributed by atoms with van der Waals surface area (Å²) in [6, 6.07) is 14.9. The molecule has 7 nitrogen and oxygen atoms in total. The van der Waals surface area contributed by atoms with Crippen molar-refractivity contribution in [2.75, 3.05) is 4.90 Å². The van der Waals surface area contributed by atoms with Gasteiger partial charge in [0.15, 0.2) is 0 Å². The van der Waals surface area contributed by atoms with E-state index in [2.05, 4.69) is 4.40 Å². The fraction of sp³-hybridized carbons (Fsp3) is 0.348. The summed E-state index contributed by atoms with van der Waals surface area (Å²) in [5.41, 5.74) is 1.44. The number of para-hydroxylation sites is 1. The topological polar surface area (TPSA) is 93.8 Å². The van der Waals surface area contributed by atoms with Crippen LogP contribution in [0.15, 0.2) is 52.9 Å². The van der Waals surface area contributed by atoms with Gasteiger partial charge in [0.05, 0.1) is 17.4 Å². The molecule has 1 amide bonds. The molecule has 8 heteroatoms. The Bertz CT molecular complexity index is 1110. The summed E-state index contributed by atoms with van der Waals surface area (Å²) in [7, 11) is 0. The zero-order chi connectivity index (χ0) is 23.0. The van der Waals surface area contributed by atoms with Gasteiger partial charge in [-0.25, -0.2) is 9.48 Å². The smallest absolute Gasteiger partial charge is 0.413 e. The van der Waals surface area contributed by atoms with E-state index in [0.29, 0.717) is 16.7 Å². The van der Waals surface area contributed by atoms with Crippen molar-refractivity contribution >= 4 is 40.4 Å². The third-order valence-corrected chi connectivity index (χ3v) is 5.91. The molecule has 1 atom stereocenters. The minimum absolute atomic E-state index is 0.447. The monoisotopic (exact) mass is 440 g/mol. The summed E-state index contributed by atoms with van der Waals surface area (Å²) in [6.45, 7) is 11.1. The predicted octanol–water partition coefficient (Wildman–Crippen LogP) is 5.19. The molecule has 0 spiro atoms. The van der Waals surface area contributed by atoms with Gasteiger partial charge >= 0.3 is 6.09 Å². The SMILES string of the molecule is CC(C)(C)N(C(=O)O)c1c2ccc(C=N[S+]([O-])C(C)(C)C)cc2nn1-c1ccccc1. The Kier molecular flexibility index (Phi) is 6.16. The molecule has 164 valence electrons. The minimum atomic E-state index is -1.37. The van der Waals surface area contributed by atoms with Gasteiger partial charge in [-0.2, -0.15) is 5.10 Å². The second-order valence-corrected chi connectivity index (χ2v) is 11.2. The maximum absolute atomic E-state index is 12.2. The molecule has 1 unspecified atom stereocenters. The molecular weight excluding hydrogens is 412 g/mol. The van der Waals surface area contributed by atoms with Crippen molar-refractivity contribution in [3.63, 3.8) is 0 Å². The lowest BCUT2D eigenvalue weighted by molar-refractivity contribution is 0.195. The Balaban J connectivity index is 2.19. The molecule has 0 aliphatic carbocycles. The molecule has 3 aromatic rings. The molecular formula is C23H28N4O3S. The van der Waals surface area contributed by atoms with E-state index in [1.165, 1.54) is 4.90 Å². The normalized spacial score (nSPS) is 13.6. The Morgan fingerprint density at radius 2 is 1.77 bits per heavy atom. The van der Waals surface area contributed by atoms with E-state index in [1.807, 2.05) is 90.1 Å². The molecule has 0 saturated carbocycles. The number of anilines is 1. The van der Waals surface area contributed by atoms with E-state index in [9.17, 15) is 14.5 Å². The highest BCUT2D eigenvalue weighted by atomic mass is 32.2. The van der Waals surface area contributed by atoms with Crippen molar-refractivity contribution in [1.82, 2.24) is 9.78 Å². The van der Waals surface area contributed by atoms with Crippen LogP contribution in [0.1, 0.15) is 47.1 Å². The molecule has 0 aliphatic heterocycles. The Hall–Kier alpha value is -2.84. The average molecular weight is 441 g/mol. The summed E-state index contributed by atoms with van der Waals surface area (Å²) in [5.74, 6) is 0.475. The quantitative estimate of drug-likeness (QED) is 0.446. The first-order chi connectivity index (χ1) is 14.4. The standard InChI is InChI=1S/C23H28N4O3S/c1-22(2,3)26(21(28)29)20-18-13-12-16(15-24-31(30)23(4,5)6)14-19(18)25-27(20)17-10-8-7-9-11-17/h7-15H,1-6H3,(H,28,29). The van der Waals surface area contributed by atoms with Crippen LogP contribution in [0.25, 0.3) is 16.6 Å². The van der Waals surface area contributed by atoms with E-state index in [0.717, 1.165) is 11.3 Å². The third kappa shape index (κ3) is 4.91. The Morgan fingerprint density at radius 1 is 1.13 bits per heavy atom. The summed E-state index contributed by atoms with van der Waals surface area (Å²) >= 11 is -1.37. The van der Waals surface area contributed by atoms with Crippen molar-refractivity contribution in [1.29, 1.82) is 0 Å². The summed E-state index contributed by atoms with van der Waals surface area (Å²) in [4.78, 5) is 13.6. The third-order valence-electron chi connectivity index (χ3n) is 4.57. The van der Waals surface area contributed by atoms with Gasteiger partial charge in [0, 0.05) is 10.9 Å². The van der Waals surface area contributed by atoms with Crippen LogP contribution in [0.4, 0.5) is 10.6 Å². The highest BCUT2D eigenvalue weighted by Crippen LogP contribution is 2.34. The molecule has 0 saturated heterocycles.